The summed E-state index contributed by atoms with van der Waals surface area (Å²) >= 11 is 0. The van der Waals surface area contributed by atoms with Gasteiger partial charge in [0.1, 0.15) is 0 Å². The molecule has 1 aromatic heterocycles. The van der Waals surface area contributed by atoms with Gasteiger partial charge in [-0.1, -0.05) is 24.3 Å². The molecule has 9 heteroatoms. The lowest BCUT2D eigenvalue weighted by Gasteiger charge is -2.19. The van der Waals surface area contributed by atoms with Crippen molar-refractivity contribution in [1.82, 2.24) is 15.1 Å². The number of benzene rings is 2. The zero-order chi connectivity index (χ0) is 24.8. The minimum atomic E-state index is -0.859. The molecule has 3 rings (SSSR count). The van der Waals surface area contributed by atoms with E-state index >= 15 is 0 Å². The lowest BCUT2D eigenvalue weighted by Crippen LogP contribution is -2.36. The van der Waals surface area contributed by atoms with Crippen LogP contribution in [0.4, 0.5) is 0 Å². The Morgan fingerprint density at radius 1 is 0.971 bits per heavy atom. The quantitative estimate of drug-likeness (QED) is 0.294. The Morgan fingerprint density at radius 3 is 2.26 bits per heavy atom. The van der Waals surface area contributed by atoms with E-state index < -0.39 is 23.7 Å². The molecule has 2 aromatic carbocycles. The number of ketones is 1. The number of rotatable bonds is 9. The number of Topliss-reactive ketones (excluding diaryl/α,β-unsaturated/α-hetero) is 1. The second-order valence-corrected chi connectivity index (χ2v) is 7.54. The minimum absolute atomic E-state index is 0.174. The Kier molecular flexibility index (Phi) is 7.68. The van der Waals surface area contributed by atoms with Crippen LogP contribution >= 0.6 is 0 Å². The summed E-state index contributed by atoms with van der Waals surface area (Å²) in [6.45, 7) is 3.40. The van der Waals surface area contributed by atoms with E-state index in [1.807, 2.05) is 30.3 Å². The summed E-state index contributed by atoms with van der Waals surface area (Å²) in [7, 11) is 4.24. The largest absolute Gasteiger partial charge is 0.493 e. The van der Waals surface area contributed by atoms with Crippen LogP contribution in [-0.2, 0) is 14.3 Å². The zero-order valence-corrected chi connectivity index (χ0v) is 19.7. The van der Waals surface area contributed by atoms with E-state index in [0.717, 1.165) is 5.69 Å². The summed E-state index contributed by atoms with van der Waals surface area (Å²) in [5, 5.41) is 7.10. The van der Waals surface area contributed by atoms with Gasteiger partial charge in [0.2, 0.25) is 0 Å². The van der Waals surface area contributed by atoms with E-state index in [2.05, 4.69) is 10.4 Å². The van der Waals surface area contributed by atoms with Crippen LogP contribution in [0.2, 0.25) is 0 Å². The molecule has 3 aromatic rings. The van der Waals surface area contributed by atoms with Gasteiger partial charge < -0.3 is 19.5 Å². The average molecular weight is 466 g/mol. The number of para-hydroxylation sites is 1. The maximum atomic E-state index is 13.2. The van der Waals surface area contributed by atoms with Crippen LogP contribution in [0.15, 0.2) is 48.5 Å². The first kappa shape index (κ1) is 24.5. The molecular formula is C25H27N3O6. The van der Waals surface area contributed by atoms with Gasteiger partial charge in [-0.25, -0.2) is 4.68 Å². The Morgan fingerprint density at radius 2 is 1.65 bits per heavy atom. The Hall–Kier alpha value is -4.14. The number of carbonyl (C=O) groups excluding carboxylic acids is 3. The van der Waals surface area contributed by atoms with Crippen molar-refractivity contribution in [2.24, 2.45) is 0 Å². The second kappa shape index (κ2) is 10.7. The summed E-state index contributed by atoms with van der Waals surface area (Å²) < 4.78 is 17.0. The molecule has 0 saturated carbocycles. The van der Waals surface area contributed by atoms with Crippen molar-refractivity contribution in [3.05, 3.63) is 71.0 Å². The summed E-state index contributed by atoms with van der Waals surface area (Å²) in [5.74, 6) is -1.23. The molecule has 0 saturated heterocycles. The topological polar surface area (TPSA) is 109 Å². The molecule has 34 heavy (non-hydrogen) atoms. The Bertz CT molecular complexity index is 1200. The molecule has 9 nitrogen and oxygen atoms in total. The maximum absolute atomic E-state index is 13.2. The maximum Gasteiger partial charge on any atom is 0.307 e. The third-order valence-corrected chi connectivity index (χ3v) is 5.44. The molecule has 0 aliphatic rings. The number of nitrogens with one attached hydrogen (secondary N) is 1. The molecule has 1 heterocycles. The van der Waals surface area contributed by atoms with Crippen LogP contribution < -0.4 is 14.8 Å². The van der Waals surface area contributed by atoms with Gasteiger partial charge in [-0.05, 0) is 43.7 Å². The first-order valence-electron chi connectivity index (χ1n) is 10.6. The highest BCUT2D eigenvalue weighted by molar-refractivity contribution is 6.43. The monoisotopic (exact) mass is 465 g/mol. The van der Waals surface area contributed by atoms with Gasteiger partial charge in [-0.2, -0.15) is 5.10 Å². The van der Waals surface area contributed by atoms with E-state index in [1.165, 1.54) is 21.3 Å². The summed E-state index contributed by atoms with van der Waals surface area (Å²) in [6, 6.07) is 13.5. The summed E-state index contributed by atoms with van der Waals surface area (Å²) in [6.07, 6.45) is -0.174. The van der Waals surface area contributed by atoms with Crippen molar-refractivity contribution in [3.8, 4) is 17.2 Å². The fourth-order valence-electron chi connectivity index (χ4n) is 3.70. The van der Waals surface area contributed by atoms with Gasteiger partial charge in [0, 0.05) is 0 Å². The first-order chi connectivity index (χ1) is 16.3. The minimum Gasteiger partial charge on any atom is -0.493 e. The molecule has 0 aliphatic heterocycles. The highest BCUT2D eigenvalue weighted by Gasteiger charge is 2.28. The molecule has 0 spiro atoms. The van der Waals surface area contributed by atoms with Crippen molar-refractivity contribution < 1.29 is 28.6 Å². The number of aryl methyl sites for hydroxylation is 1. The van der Waals surface area contributed by atoms with Gasteiger partial charge >= 0.3 is 5.97 Å². The SMILES string of the molecule is COC(=O)CC(NC(=O)C(=O)c1c(C)nn(-c2ccccc2)c1C)c1ccc(OC)c(OC)c1. The van der Waals surface area contributed by atoms with E-state index in [0.29, 0.717) is 28.5 Å². The van der Waals surface area contributed by atoms with Gasteiger partial charge in [0.15, 0.2) is 11.5 Å². The number of esters is 1. The molecule has 178 valence electrons. The van der Waals surface area contributed by atoms with E-state index in [9.17, 15) is 14.4 Å². The van der Waals surface area contributed by atoms with Crippen molar-refractivity contribution in [2.45, 2.75) is 26.3 Å². The molecule has 0 fully saturated rings. The van der Waals surface area contributed by atoms with Crippen LogP contribution in [0, 0.1) is 13.8 Å². The number of ether oxygens (including phenoxy) is 3. The van der Waals surface area contributed by atoms with Crippen molar-refractivity contribution >= 4 is 17.7 Å². The standard InChI is InChI=1S/C25H27N3O6/c1-15-23(16(2)28(27-15)18-9-7-6-8-10-18)24(30)25(31)26-19(14-22(29)34-5)17-11-12-20(32-3)21(13-17)33-4/h6-13,19H,14H2,1-5H3,(H,26,31). The predicted octanol–water partition coefficient (Wildman–Crippen LogP) is 3.11. The predicted molar refractivity (Wildman–Crippen MR) is 124 cm³/mol. The fourth-order valence-corrected chi connectivity index (χ4v) is 3.70. The number of hydrogen-bond donors (Lipinski definition) is 1. The van der Waals surface area contributed by atoms with Gasteiger partial charge in [0.05, 0.1) is 56.4 Å². The van der Waals surface area contributed by atoms with Gasteiger partial charge in [0.25, 0.3) is 11.7 Å². The third-order valence-electron chi connectivity index (χ3n) is 5.44. The van der Waals surface area contributed by atoms with Crippen molar-refractivity contribution in [1.29, 1.82) is 0 Å². The normalized spacial score (nSPS) is 11.4. The van der Waals surface area contributed by atoms with Gasteiger partial charge in [-0.3, -0.25) is 14.4 Å². The Balaban J connectivity index is 1.91. The highest BCUT2D eigenvalue weighted by atomic mass is 16.5. The van der Waals surface area contributed by atoms with E-state index in [1.54, 1.807) is 36.7 Å². The number of nitrogens with zero attached hydrogens (tertiary/aromatic N) is 2. The van der Waals surface area contributed by atoms with Crippen LogP contribution in [-0.4, -0.2) is 48.8 Å². The molecule has 0 radical (unpaired) electrons. The highest BCUT2D eigenvalue weighted by Crippen LogP contribution is 2.31. The lowest BCUT2D eigenvalue weighted by atomic mass is 10.0. The molecule has 0 aliphatic carbocycles. The number of carbonyl (C=O) groups is 3. The smallest absolute Gasteiger partial charge is 0.307 e. The fraction of sp³-hybridized carbons (Fsp3) is 0.280. The number of methoxy groups -OCH3 is 3. The zero-order valence-electron chi connectivity index (χ0n) is 19.7. The third kappa shape index (κ3) is 5.09. The Labute approximate surface area is 197 Å². The molecule has 1 N–H and O–H groups in total. The van der Waals surface area contributed by atoms with E-state index in [-0.39, 0.29) is 12.0 Å². The molecule has 1 atom stereocenters. The van der Waals surface area contributed by atoms with Crippen LogP contribution in [0.3, 0.4) is 0 Å². The molecule has 0 bridgehead atoms. The lowest BCUT2D eigenvalue weighted by molar-refractivity contribution is -0.141. The first-order valence-corrected chi connectivity index (χ1v) is 10.6. The van der Waals surface area contributed by atoms with E-state index in [4.69, 9.17) is 14.2 Å². The number of aromatic nitrogens is 2. The number of amides is 1. The average Bonchev–Trinajstić information content (AvgIpc) is 3.16. The van der Waals surface area contributed by atoms with Crippen molar-refractivity contribution in [2.75, 3.05) is 21.3 Å². The number of hydrogen-bond acceptors (Lipinski definition) is 7. The van der Waals surface area contributed by atoms with Gasteiger partial charge in [-0.15, -0.1) is 0 Å². The van der Waals surface area contributed by atoms with Crippen LogP contribution in [0.5, 0.6) is 11.5 Å². The second-order valence-electron chi connectivity index (χ2n) is 7.54. The van der Waals surface area contributed by atoms with Crippen LogP contribution in [0.1, 0.15) is 39.8 Å². The van der Waals surface area contributed by atoms with Crippen LogP contribution in [0.25, 0.3) is 5.69 Å². The summed E-state index contributed by atoms with van der Waals surface area (Å²) in [4.78, 5) is 38.2. The summed E-state index contributed by atoms with van der Waals surface area (Å²) in [5.41, 5.74) is 2.51. The molecule has 1 amide bonds. The van der Waals surface area contributed by atoms with Crippen molar-refractivity contribution in [3.63, 3.8) is 0 Å². The molecular weight excluding hydrogens is 438 g/mol. The molecule has 1 unspecified atom stereocenters.